The van der Waals surface area contributed by atoms with E-state index in [1.807, 2.05) is 0 Å². The van der Waals surface area contributed by atoms with Crippen molar-refractivity contribution in [2.24, 2.45) is 5.14 Å². The van der Waals surface area contributed by atoms with Crippen molar-refractivity contribution < 1.29 is 42.2 Å². The van der Waals surface area contributed by atoms with Crippen LogP contribution in [0.15, 0.2) is 24.3 Å². The summed E-state index contributed by atoms with van der Waals surface area (Å²) in [5, 5.41) is 21.3. The second-order valence-electron chi connectivity index (χ2n) is 6.61. The van der Waals surface area contributed by atoms with E-state index in [1.165, 1.54) is 0 Å². The molecule has 178 valence electrons. The molecule has 0 unspecified atom stereocenters. The van der Waals surface area contributed by atoms with Gasteiger partial charge in [-0.05, 0) is 50.7 Å². The molecule has 1 rings (SSSR count). The molecule has 0 fully saturated rings. The van der Waals surface area contributed by atoms with E-state index in [0.717, 1.165) is 51.4 Å². The highest BCUT2D eigenvalue weighted by molar-refractivity contribution is 7.83. The van der Waals surface area contributed by atoms with E-state index in [4.69, 9.17) is 32.7 Å². The normalized spacial score (nSPS) is 10.7. The predicted octanol–water partition coefficient (Wildman–Crippen LogP) is 1.85. The molecule has 0 radical (unpaired) electrons. The third kappa shape index (κ3) is 17.3. The Kier molecular flexibility index (Phi) is 16.4. The highest BCUT2D eigenvalue weighted by atomic mass is 32.2. The van der Waals surface area contributed by atoms with Crippen LogP contribution in [0.1, 0.15) is 72.1 Å². The van der Waals surface area contributed by atoms with E-state index in [0.29, 0.717) is 13.2 Å². The molecule has 0 amide bonds. The summed E-state index contributed by atoms with van der Waals surface area (Å²) in [5.41, 5.74) is 0.432. The maximum atomic E-state index is 12.2. The van der Waals surface area contributed by atoms with Crippen molar-refractivity contribution in [2.75, 3.05) is 26.4 Å². The summed E-state index contributed by atoms with van der Waals surface area (Å²) in [6, 6.07) is 6.49. The number of aliphatic hydroxyl groups is 2. The third-order valence-electron chi connectivity index (χ3n) is 3.94. The average Bonchev–Trinajstić information content (AvgIpc) is 2.71. The number of carbonyl (C=O) groups excluding carboxylic acids is 2. The lowest BCUT2D eigenvalue weighted by Crippen LogP contribution is -2.15. The lowest BCUT2D eigenvalue weighted by atomic mass is 10.1. The molecule has 31 heavy (non-hydrogen) atoms. The van der Waals surface area contributed by atoms with Crippen LogP contribution in [0.4, 0.5) is 0 Å². The average molecular weight is 464 g/mol. The van der Waals surface area contributed by atoms with Crippen molar-refractivity contribution in [3.8, 4) is 0 Å². The quantitative estimate of drug-likeness (QED) is 0.182. The summed E-state index contributed by atoms with van der Waals surface area (Å²) in [5.74, 6) is -1.05. The molecule has 5 N–H and O–H groups in total. The number of carbonyl (C=O) groups is 2. The predicted molar refractivity (Wildman–Crippen MR) is 114 cm³/mol. The molecule has 0 spiro atoms. The van der Waals surface area contributed by atoms with Crippen LogP contribution in [0.2, 0.25) is 0 Å². The van der Waals surface area contributed by atoms with E-state index in [-0.39, 0.29) is 24.3 Å². The molecule has 0 aliphatic heterocycles. The molecule has 0 bridgehead atoms. The maximum absolute atomic E-state index is 12.2. The third-order valence-corrected chi connectivity index (χ3v) is 3.94. The van der Waals surface area contributed by atoms with E-state index < -0.39 is 22.2 Å². The standard InChI is InChI=1S/C20H30O6.H3NO3S/c21-13-7-1-3-9-15-25-19(23)17-11-5-6-12-18(17)20(24)26-16-10-4-2-8-14-22;1-5(2,3)4/h5-6,11-12,21-22H,1-4,7-10,13-16H2;(H3,1,2,3,4). The number of unbranched alkanes of at least 4 members (excludes halogenated alkanes) is 6. The molecule has 0 saturated carbocycles. The second-order valence-corrected chi connectivity index (χ2v) is 7.64. The fourth-order valence-corrected chi connectivity index (χ4v) is 2.46. The number of hydrogen-bond acceptors (Lipinski definition) is 8. The summed E-state index contributed by atoms with van der Waals surface area (Å²) in [6.07, 6.45) is 6.52. The van der Waals surface area contributed by atoms with Gasteiger partial charge < -0.3 is 19.7 Å². The zero-order valence-electron chi connectivity index (χ0n) is 17.6. The van der Waals surface area contributed by atoms with E-state index in [2.05, 4.69) is 5.14 Å². The Morgan fingerprint density at radius 1 is 0.742 bits per heavy atom. The lowest BCUT2D eigenvalue weighted by molar-refractivity contribution is 0.0450. The number of nitrogens with two attached hydrogens (primary N) is 1. The van der Waals surface area contributed by atoms with Gasteiger partial charge in [0.2, 0.25) is 0 Å². The minimum atomic E-state index is -4.17. The van der Waals surface area contributed by atoms with Crippen LogP contribution >= 0.6 is 0 Å². The van der Waals surface area contributed by atoms with E-state index >= 15 is 0 Å². The second kappa shape index (κ2) is 17.6. The monoisotopic (exact) mass is 463 g/mol. The van der Waals surface area contributed by atoms with Gasteiger partial charge in [-0.3, -0.25) is 4.55 Å². The van der Waals surface area contributed by atoms with Gasteiger partial charge in [0, 0.05) is 13.2 Å². The zero-order valence-corrected chi connectivity index (χ0v) is 18.4. The van der Waals surface area contributed by atoms with Crippen molar-refractivity contribution in [1.29, 1.82) is 0 Å². The lowest BCUT2D eigenvalue weighted by Gasteiger charge is -2.10. The molecule has 0 aromatic heterocycles. The maximum Gasteiger partial charge on any atom is 0.339 e. The molecular formula is C20H33NO9S. The summed E-state index contributed by atoms with van der Waals surface area (Å²) in [4.78, 5) is 24.4. The van der Waals surface area contributed by atoms with Crippen LogP contribution in [-0.4, -0.2) is 61.5 Å². The first-order valence-electron chi connectivity index (χ1n) is 10.1. The van der Waals surface area contributed by atoms with Gasteiger partial charge >= 0.3 is 22.2 Å². The van der Waals surface area contributed by atoms with Gasteiger partial charge in [0.1, 0.15) is 0 Å². The Morgan fingerprint density at radius 2 is 1.06 bits per heavy atom. The molecular weight excluding hydrogens is 430 g/mol. The van der Waals surface area contributed by atoms with E-state index in [1.54, 1.807) is 24.3 Å². The SMILES string of the molecule is NS(=O)(=O)O.O=C(OCCCCCCO)c1ccccc1C(=O)OCCCCCCO. The van der Waals surface area contributed by atoms with Crippen molar-refractivity contribution in [2.45, 2.75) is 51.4 Å². The molecule has 0 aliphatic rings. The molecule has 1 aromatic carbocycles. The molecule has 0 heterocycles. The van der Waals surface area contributed by atoms with E-state index in [9.17, 15) is 9.59 Å². The number of rotatable bonds is 14. The highest BCUT2D eigenvalue weighted by Crippen LogP contribution is 2.13. The van der Waals surface area contributed by atoms with Gasteiger partial charge in [0.25, 0.3) is 0 Å². The van der Waals surface area contributed by atoms with Crippen LogP contribution in [0.3, 0.4) is 0 Å². The zero-order chi connectivity index (χ0) is 23.5. The fraction of sp³-hybridized carbons (Fsp3) is 0.600. The van der Waals surface area contributed by atoms with Crippen LogP contribution in [0, 0.1) is 0 Å². The first-order valence-corrected chi connectivity index (χ1v) is 11.6. The Hall–Kier alpha value is -2.05. The minimum absolute atomic E-state index is 0.177. The summed E-state index contributed by atoms with van der Waals surface area (Å²) in [7, 11) is -4.17. The Bertz CT molecular complexity index is 683. The Balaban J connectivity index is 0.00000161. The first kappa shape index (κ1) is 28.9. The molecule has 0 atom stereocenters. The van der Waals surface area contributed by atoms with Gasteiger partial charge in [0.05, 0.1) is 24.3 Å². The molecule has 0 saturated heterocycles. The molecule has 11 heteroatoms. The topological polar surface area (TPSA) is 173 Å². The number of aliphatic hydroxyl groups excluding tert-OH is 2. The minimum Gasteiger partial charge on any atom is -0.462 e. The van der Waals surface area contributed by atoms with Crippen LogP contribution in [0.25, 0.3) is 0 Å². The van der Waals surface area contributed by atoms with Crippen molar-refractivity contribution in [1.82, 2.24) is 0 Å². The van der Waals surface area contributed by atoms with Crippen LogP contribution < -0.4 is 5.14 Å². The summed E-state index contributed by atoms with van der Waals surface area (Å²) < 4.78 is 35.7. The first-order chi connectivity index (χ1) is 14.7. The van der Waals surface area contributed by atoms with Gasteiger partial charge in [0.15, 0.2) is 0 Å². The van der Waals surface area contributed by atoms with Crippen molar-refractivity contribution in [3.63, 3.8) is 0 Å². The summed E-state index contributed by atoms with van der Waals surface area (Å²) in [6.45, 7) is 0.935. The Morgan fingerprint density at radius 3 is 1.39 bits per heavy atom. The molecule has 1 aromatic rings. The Labute approximate surface area is 183 Å². The molecule has 10 nitrogen and oxygen atoms in total. The van der Waals surface area contributed by atoms with Gasteiger partial charge in [-0.25, -0.2) is 14.7 Å². The number of benzene rings is 1. The van der Waals surface area contributed by atoms with Crippen LogP contribution in [-0.2, 0) is 19.8 Å². The fourth-order valence-electron chi connectivity index (χ4n) is 2.46. The number of esters is 2. The van der Waals surface area contributed by atoms with Gasteiger partial charge in [-0.1, -0.05) is 25.0 Å². The smallest absolute Gasteiger partial charge is 0.339 e. The van der Waals surface area contributed by atoms with Gasteiger partial charge in [-0.2, -0.15) is 8.42 Å². The number of ether oxygens (including phenoxy) is 2. The summed E-state index contributed by atoms with van der Waals surface area (Å²) >= 11 is 0. The number of hydrogen-bond donors (Lipinski definition) is 4. The van der Waals surface area contributed by atoms with Gasteiger partial charge in [-0.15, -0.1) is 0 Å². The highest BCUT2D eigenvalue weighted by Gasteiger charge is 2.18. The van der Waals surface area contributed by atoms with Crippen LogP contribution in [0.5, 0.6) is 0 Å². The molecule has 0 aliphatic carbocycles. The largest absolute Gasteiger partial charge is 0.462 e. The van der Waals surface area contributed by atoms with Crippen molar-refractivity contribution >= 4 is 22.2 Å². The van der Waals surface area contributed by atoms with Crippen molar-refractivity contribution in [3.05, 3.63) is 35.4 Å².